The predicted octanol–water partition coefficient (Wildman–Crippen LogP) is 3.49. The van der Waals surface area contributed by atoms with Crippen LogP contribution in [0.25, 0.3) is 0 Å². The van der Waals surface area contributed by atoms with Gasteiger partial charge in [-0.05, 0) is 49.6 Å². The molecule has 0 bridgehead atoms. The molecule has 0 aliphatic heterocycles. The molecule has 6 heteroatoms. The van der Waals surface area contributed by atoms with E-state index in [-0.39, 0.29) is 11.8 Å². The third-order valence-electron chi connectivity index (χ3n) is 3.90. The van der Waals surface area contributed by atoms with E-state index in [9.17, 15) is 9.59 Å². The molecule has 0 radical (unpaired) electrons. The molecule has 0 aliphatic carbocycles. The van der Waals surface area contributed by atoms with Crippen molar-refractivity contribution in [3.05, 3.63) is 59.7 Å². The molecule has 0 fully saturated rings. The highest BCUT2D eigenvalue weighted by Crippen LogP contribution is 2.18. The molecule has 138 valence electrons. The van der Waals surface area contributed by atoms with E-state index in [2.05, 4.69) is 10.6 Å². The maximum absolute atomic E-state index is 12.7. The van der Waals surface area contributed by atoms with Gasteiger partial charge in [0.05, 0.1) is 12.7 Å². The molecule has 2 rings (SSSR count). The summed E-state index contributed by atoms with van der Waals surface area (Å²) in [5, 5.41) is 5.70. The first-order valence-corrected chi connectivity index (χ1v) is 9.75. The van der Waals surface area contributed by atoms with E-state index in [1.807, 2.05) is 37.4 Å². The summed E-state index contributed by atoms with van der Waals surface area (Å²) in [4.78, 5) is 25.3. The van der Waals surface area contributed by atoms with Gasteiger partial charge in [-0.1, -0.05) is 29.8 Å². The number of benzene rings is 2. The highest BCUT2D eigenvalue weighted by atomic mass is 32.2. The Morgan fingerprint density at radius 2 is 1.81 bits per heavy atom. The number of hydrogen-bond donors (Lipinski definition) is 2. The lowest BCUT2D eigenvalue weighted by molar-refractivity contribution is -0.118. The number of nitrogens with one attached hydrogen (secondary N) is 2. The van der Waals surface area contributed by atoms with Crippen molar-refractivity contribution < 1.29 is 14.3 Å². The Morgan fingerprint density at radius 3 is 2.46 bits per heavy atom. The van der Waals surface area contributed by atoms with Gasteiger partial charge in [0.25, 0.3) is 5.91 Å². The first kappa shape index (κ1) is 19.8. The van der Waals surface area contributed by atoms with Gasteiger partial charge in [0.2, 0.25) is 5.91 Å². The smallest absolute Gasteiger partial charge is 0.255 e. The Labute approximate surface area is 158 Å². The van der Waals surface area contributed by atoms with Crippen molar-refractivity contribution in [3.8, 4) is 5.75 Å². The number of ether oxygens (including phenoxy) is 1. The minimum atomic E-state index is -0.624. The van der Waals surface area contributed by atoms with Crippen LogP contribution in [-0.2, 0) is 4.79 Å². The van der Waals surface area contributed by atoms with Crippen molar-refractivity contribution in [3.63, 3.8) is 0 Å². The minimum Gasteiger partial charge on any atom is -0.496 e. The van der Waals surface area contributed by atoms with Crippen LogP contribution in [-0.4, -0.2) is 37.0 Å². The van der Waals surface area contributed by atoms with Crippen molar-refractivity contribution in [2.45, 2.75) is 19.4 Å². The van der Waals surface area contributed by atoms with Crippen LogP contribution in [0.2, 0.25) is 0 Å². The molecule has 0 heterocycles. The fraction of sp³-hybridized carbons (Fsp3) is 0.300. The quantitative estimate of drug-likeness (QED) is 0.744. The molecule has 0 saturated heterocycles. The zero-order chi connectivity index (χ0) is 18.9. The molecule has 26 heavy (non-hydrogen) atoms. The van der Waals surface area contributed by atoms with E-state index in [4.69, 9.17) is 4.74 Å². The van der Waals surface area contributed by atoms with Crippen LogP contribution in [0.1, 0.15) is 22.3 Å². The average Bonchev–Trinajstić information content (AvgIpc) is 2.66. The maximum atomic E-state index is 12.7. The lowest BCUT2D eigenvalue weighted by Crippen LogP contribution is -2.44. The van der Waals surface area contributed by atoms with Gasteiger partial charge in [0.1, 0.15) is 11.8 Å². The van der Waals surface area contributed by atoms with Gasteiger partial charge in [0.15, 0.2) is 0 Å². The lowest BCUT2D eigenvalue weighted by atomic mass is 10.1. The normalized spacial score (nSPS) is 11.5. The van der Waals surface area contributed by atoms with Gasteiger partial charge in [-0.15, -0.1) is 0 Å². The highest BCUT2D eigenvalue weighted by Gasteiger charge is 2.22. The third kappa shape index (κ3) is 5.52. The Bertz CT molecular complexity index is 747. The second kappa shape index (κ2) is 9.87. The Kier molecular flexibility index (Phi) is 7.53. The number of anilines is 1. The molecule has 2 aromatic rings. The molecular formula is C20H24N2O3S. The Morgan fingerprint density at radius 1 is 1.12 bits per heavy atom. The van der Waals surface area contributed by atoms with Gasteiger partial charge >= 0.3 is 0 Å². The molecule has 1 unspecified atom stereocenters. The monoisotopic (exact) mass is 372 g/mol. The van der Waals surface area contributed by atoms with Gasteiger partial charge < -0.3 is 15.4 Å². The largest absolute Gasteiger partial charge is 0.496 e. The SMILES string of the molecule is COc1ccccc1C(=O)NC(CCSC)C(=O)Nc1ccc(C)cc1. The molecule has 0 aromatic heterocycles. The van der Waals surface area contributed by atoms with Crippen molar-refractivity contribution >= 4 is 29.3 Å². The summed E-state index contributed by atoms with van der Waals surface area (Å²) in [6, 6.07) is 13.9. The topological polar surface area (TPSA) is 67.4 Å². The van der Waals surface area contributed by atoms with Gasteiger partial charge in [-0.2, -0.15) is 11.8 Å². The lowest BCUT2D eigenvalue weighted by Gasteiger charge is -2.19. The fourth-order valence-corrected chi connectivity index (χ4v) is 2.91. The fourth-order valence-electron chi connectivity index (χ4n) is 2.44. The zero-order valence-electron chi connectivity index (χ0n) is 15.2. The summed E-state index contributed by atoms with van der Waals surface area (Å²) in [5.41, 5.74) is 2.24. The molecule has 1 atom stereocenters. The number of aryl methyl sites for hydroxylation is 1. The molecule has 5 nitrogen and oxygen atoms in total. The first-order valence-electron chi connectivity index (χ1n) is 8.35. The van der Waals surface area contributed by atoms with Crippen LogP contribution in [0.3, 0.4) is 0 Å². The Hall–Kier alpha value is -2.47. The predicted molar refractivity (Wildman–Crippen MR) is 107 cm³/mol. The van der Waals surface area contributed by atoms with Crippen molar-refractivity contribution in [2.24, 2.45) is 0 Å². The second-order valence-corrected chi connectivity index (χ2v) is 6.85. The van der Waals surface area contributed by atoms with Crippen LogP contribution in [0.4, 0.5) is 5.69 Å². The van der Waals surface area contributed by atoms with E-state index >= 15 is 0 Å². The molecule has 2 N–H and O–H groups in total. The van der Waals surface area contributed by atoms with Gasteiger partial charge in [-0.3, -0.25) is 9.59 Å². The summed E-state index contributed by atoms with van der Waals surface area (Å²) in [6.07, 6.45) is 2.51. The van der Waals surface area contributed by atoms with Crippen molar-refractivity contribution in [1.82, 2.24) is 5.32 Å². The summed E-state index contributed by atoms with van der Waals surface area (Å²) in [5.74, 6) is 0.685. The summed E-state index contributed by atoms with van der Waals surface area (Å²) in [6.45, 7) is 1.99. The third-order valence-corrected chi connectivity index (χ3v) is 4.55. The number of carbonyl (C=O) groups excluding carboxylic acids is 2. The highest BCUT2D eigenvalue weighted by molar-refractivity contribution is 7.98. The number of amides is 2. The average molecular weight is 372 g/mol. The van der Waals surface area contributed by atoms with E-state index in [1.165, 1.54) is 7.11 Å². The zero-order valence-corrected chi connectivity index (χ0v) is 16.1. The summed E-state index contributed by atoms with van der Waals surface area (Å²) in [7, 11) is 1.52. The summed E-state index contributed by atoms with van der Waals surface area (Å²) >= 11 is 1.63. The van der Waals surface area contributed by atoms with Crippen LogP contribution in [0.15, 0.2) is 48.5 Å². The molecular weight excluding hydrogens is 348 g/mol. The van der Waals surface area contributed by atoms with Crippen LogP contribution in [0, 0.1) is 6.92 Å². The number of methoxy groups -OCH3 is 1. The van der Waals surface area contributed by atoms with E-state index in [0.29, 0.717) is 23.4 Å². The molecule has 0 spiro atoms. The number of para-hydroxylation sites is 1. The van der Waals surface area contributed by atoms with Crippen molar-refractivity contribution in [1.29, 1.82) is 0 Å². The van der Waals surface area contributed by atoms with Crippen molar-refractivity contribution in [2.75, 3.05) is 24.4 Å². The number of thioether (sulfide) groups is 1. The van der Waals surface area contributed by atoms with Crippen LogP contribution < -0.4 is 15.4 Å². The molecule has 2 amide bonds. The number of rotatable bonds is 8. The van der Waals surface area contributed by atoms with E-state index in [0.717, 1.165) is 11.3 Å². The van der Waals surface area contributed by atoms with Crippen LogP contribution in [0.5, 0.6) is 5.75 Å². The van der Waals surface area contributed by atoms with Gasteiger partial charge in [0, 0.05) is 5.69 Å². The molecule has 0 saturated carbocycles. The second-order valence-electron chi connectivity index (χ2n) is 5.86. The molecule has 2 aromatic carbocycles. The Balaban J connectivity index is 2.11. The van der Waals surface area contributed by atoms with E-state index < -0.39 is 6.04 Å². The standard InChI is InChI=1S/C20H24N2O3S/c1-14-8-10-15(11-9-14)21-20(24)17(12-13-26-3)22-19(23)16-6-4-5-7-18(16)25-2/h4-11,17H,12-13H2,1-3H3,(H,21,24)(H,22,23). The van der Waals surface area contributed by atoms with Crippen LogP contribution >= 0.6 is 11.8 Å². The van der Waals surface area contributed by atoms with E-state index in [1.54, 1.807) is 36.0 Å². The maximum Gasteiger partial charge on any atom is 0.255 e. The van der Waals surface area contributed by atoms with Gasteiger partial charge in [-0.25, -0.2) is 0 Å². The number of hydrogen-bond acceptors (Lipinski definition) is 4. The first-order chi connectivity index (χ1) is 12.5. The minimum absolute atomic E-state index is 0.230. The summed E-state index contributed by atoms with van der Waals surface area (Å²) < 4.78 is 5.23. The number of carbonyl (C=O) groups is 2. The molecule has 0 aliphatic rings.